The molecule has 1 unspecified atom stereocenters. The molecule has 2 heterocycles. The SMILES string of the molecule is Cc1ccccc1CNC(=O)C1CCCN(S(=O)(=O)c2ccc(Br)s2)C1. The molecule has 0 radical (unpaired) electrons. The Bertz CT molecular complexity index is 895. The highest BCUT2D eigenvalue weighted by molar-refractivity contribution is 9.11. The summed E-state index contributed by atoms with van der Waals surface area (Å²) in [5.74, 6) is -0.397. The maximum atomic E-state index is 12.8. The molecule has 1 fully saturated rings. The van der Waals surface area contributed by atoms with Crippen LogP contribution in [0.3, 0.4) is 0 Å². The van der Waals surface area contributed by atoms with Gasteiger partial charge in [-0.2, -0.15) is 4.31 Å². The largest absolute Gasteiger partial charge is 0.352 e. The first kappa shape index (κ1) is 19.5. The van der Waals surface area contributed by atoms with Gasteiger partial charge in [0, 0.05) is 19.6 Å². The van der Waals surface area contributed by atoms with Crippen LogP contribution in [0.1, 0.15) is 24.0 Å². The minimum atomic E-state index is -3.54. The van der Waals surface area contributed by atoms with Gasteiger partial charge in [0.1, 0.15) is 4.21 Å². The number of sulfonamides is 1. The predicted molar refractivity (Wildman–Crippen MR) is 107 cm³/mol. The number of thiophene rings is 1. The van der Waals surface area contributed by atoms with Gasteiger partial charge in [0.2, 0.25) is 5.91 Å². The topological polar surface area (TPSA) is 66.5 Å². The quantitative estimate of drug-likeness (QED) is 0.747. The fourth-order valence-corrected chi connectivity index (χ4v) is 6.76. The van der Waals surface area contributed by atoms with Gasteiger partial charge in [-0.1, -0.05) is 24.3 Å². The fraction of sp³-hybridized carbons (Fsp3) is 0.389. The van der Waals surface area contributed by atoms with Crippen molar-refractivity contribution in [2.24, 2.45) is 5.92 Å². The number of amides is 1. The van der Waals surface area contributed by atoms with E-state index < -0.39 is 10.0 Å². The maximum Gasteiger partial charge on any atom is 0.252 e. The number of aryl methyl sites for hydroxylation is 1. The molecule has 1 atom stereocenters. The van der Waals surface area contributed by atoms with Gasteiger partial charge in [-0.05, 0) is 59.0 Å². The van der Waals surface area contributed by atoms with Crippen LogP contribution in [0.25, 0.3) is 0 Å². The Morgan fingerprint density at radius 1 is 1.31 bits per heavy atom. The van der Waals surface area contributed by atoms with E-state index in [1.165, 1.54) is 15.6 Å². The molecule has 1 aliphatic rings. The molecule has 1 saturated heterocycles. The third-order valence-corrected chi connectivity index (χ3v) is 8.57. The molecule has 1 N–H and O–H groups in total. The van der Waals surface area contributed by atoms with Gasteiger partial charge in [-0.15, -0.1) is 11.3 Å². The average Bonchev–Trinajstić information content (AvgIpc) is 3.08. The van der Waals surface area contributed by atoms with Crippen molar-refractivity contribution in [1.82, 2.24) is 9.62 Å². The molecule has 26 heavy (non-hydrogen) atoms. The molecule has 0 bridgehead atoms. The summed E-state index contributed by atoms with van der Waals surface area (Å²) in [6.45, 7) is 3.17. The first-order chi connectivity index (χ1) is 12.4. The van der Waals surface area contributed by atoms with Gasteiger partial charge in [0.05, 0.1) is 9.70 Å². The molecule has 1 aliphatic heterocycles. The number of nitrogens with zero attached hydrogens (tertiary/aromatic N) is 1. The Morgan fingerprint density at radius 3 is 2.77 bits per heavy atom. The molecule has 1 aromatic heterocycles. The smallest absolute Gasteiger partial charge is 0.252 e. The molecule has 0 spiro atoms. The summed E-state index contributed by atoms with van der Waals surface area (Å²) in [7, 11) is -3.54. The van der Waals surface area contributed by atoms with E-state index in [0.717, 1.165) is 14.9 Å². The van der Waals surface area contributed by atoms with Crippen molar-refractivity contribution < 1.29 is 13.2 Å². The molecule has 0 saturated carbocycles. The Kier molecular flexibility index (Phi) is 6.17. The molecule has 1 amide bonds. The van der Waals surface area contributed by atoms with Crippen molar-refractivity contribution >= 4 is 43.2 Å². The van der Waals surface area contributed by atoms with Crippen LogP contribution in [-0.2, 0) is 21.4 Å². The molecule has 3 rings (SSSR count). The van der Waals surface area contributed by atoms with Crippen LogP contribution in [0, 0.1) is 12.8 Å². The fourth-order valence-electron chi connectivity index (χ4n) is 3.07. The second-order valence-electron chi connectivity index (χ2n) is 6.41. The molecule has 1 aromatic carbocycles. The second-order valence-corrected chi connectivity index (χ2v) is 11.0. The lowest BCUT2D eigenvalue weighted by molar-refractivity contribution is -0.126. The van der Waals surface area contributed by atoms with Gasteiger partial charge in [-0.25, -0.2) is 8.42 Å². The number of nitrogens with one attached hydrogen (secondary N) is 1. The number of rotatable bonds is 5. The number of carbonyl (C=O) groups excluding carboxylic acids is 1. The lowest BCUT2D eigenvalue weighted by atomic mass is 9.98. The number of halogens is 1. The van der Waals surface area contributed by atoms with Crippen LogP contribution >= 0.6 is 27.3 Å². The van der Waals surface area contributed by atoms with Crippen LogP contribution in [0.15, 0.2) is 44.4 Å². The molecule has 2 aromatic rings. The van der Waals surface area contributed by atoms with Crippen molar-refractivity contribution in [1.29, 1.82) is 0 Å². The minimum Gasteiger partial charge on any atom is -0.352 e. The van der Waals surface area contributed by atoms with E-state index in [9.17, 15) is 13.2 Å². The molecule has 5 nitrogen and oxygen atoms in total. The zero-order valence-corrected chi connectivity index (χ0v) is 17.7. The highest BCUT2D eigenvalue weighted by Crippen LogP contribution is 2.30. The van der Waals surface area contributed by atoms with Gasteiger partial charge in [0.25, 0.3) is 10.0 Å². The van der Waals surface area contributed by atoms with Crippen LogP contribution < -0.4 is 5.32 Å². The minimum absolute atomic E-state index is 0.0829. The Labute approximate surface area is 166 Å². The average molecular weight is 457 g/mol. The van der Waals surface area contributed by atoms with Gasteiger partial charge in [0.15, 0.2) is 0 Å². The van der Waals surface area contributed by atoms with Crippen molar-refractivity contribution in [3.63, 3.8) is 0 Å². The lowest BCUT2D eigenvalue weighted by Crippen LogP contribution is -2.45. The molecular formula is C18H21BrN2O3S2. The highest BCUT2D eigenvalue weighted by atomic mass is 79.9. The summed E-state index contributed by atoms with van der Waals surface area (Å²) in [5.41, 5.74) is 2.20. The van der Waals surface area contributed by atoms with E-state index in [2.05, 4.69) is 21.2 Å². The standard InChI is InChI=1S/C18H21BrN2O3S2/c1-13-5-2-3-6-14(13)11-20-18(22)15-7-4-10-21(12-15)26(23,24)17-9-8-16(19)25-17/h2-3,5-6,8-9,15H,4,7,10-12H2,1H3,(H,20,22). The second kappa shape index (κ2) is 8.21. The van der Waals surface area contributed by atoms with Gasteiger partial charge >= 0.3 is 0 Å². The van der Waals surface area contributed by atoms with Crippen molar-refractivity contribution in [2.75, 3.05) is 13.1 Å². The number of carbonyl (C=O) groups is 1. The number of piperidine rings is 1. The summed E-state index contributed by atoms with van der Waals surface area (Å²) in [6, 6.07) is 11.2. The Morgan fingerprint density at radius 2 is 2.08 bits per heavy atom. The Hall–Kier alpha value is -1.22. The van der Waals surface area contributed by atoms with E-state index in [1.54, 1.807) is 12.1 Å². The molecule has 8 heteroatoms. The zero-order chi connectivity index (χ0) is 18.7. The monoisotopic (exact) mass is 456 g/mol. The Balaban J connectivity index is 1.64. The number of hydrogen-bond donors (Lipinski definition) is 1. The third-order valence-electron chi connectivity index (χ3n) is 4.61. The summed E-state index contributed by atoms with van der Waals surface area (Å²) < 4.78 is 28.1. The molecular weight excluding hydrogens is 436 g/mol. The summed E-state index contributed by atoms with van der Waals surface area (Å²) in [5, 5.41) is 2.96. The van der Waals surface area contributed by atoms with E-state index in [1.807, 2.05) is 31.2 Å². The van der Waals surface area contributed by atoms with E-state index >= 15 is 0 Å². The number of benzene rings is 1. The third kappa shape index (κ3) is 4.36. The molecule has 0 aliphatic carbocycles. The lowest BCUT2D eigenvalue weighted by Gasteiger charge is -2.30. The number of hydrogen-bond acceptors (Lipinski definition) is 4. The first-order valence-corrected chi connectivity index (χ1v) is 11.5. The predicted octanol–water partition coefficient (Wildman–Crippen LogP) is 3.54. The van der Waals surface area contributed by atoms with Crippen LogP contribution in [-0.4, -0.2) is 31.7 Å². The van der Waals surface area contributed by atoms with E-state index in [-0.39, 0.29) is 18.4 Å². The summed E-state index contributed by atoms with van der Waals surface area (Å²) in [4.78, 5) is 12.6. The zero-order valence-electron chi connectivity index (χ0n) is 14.4. The maximum absolute atomic E-state index is 12.8. The highest BCUT2D eigenvalue weighted by Gasteiger charge is 2.34. The van der Waals surface area contributed by atoms with Crippen molar-refractivity contribution in [3.8, 4) is 0 Å². The van der Waals surface area contributed by atoms with E-state index in [4.69, 9.17) is 0 Å². The van der Waals surface area contributed by atoms with Crippen molar-refractivity contribution in [2.45, 2.75) is 30.5 Å². The molecule has 140 valence electrons. The normalized spacial score (nSPS) is 18.6. The first-order valence-electron chi connectivity index (χ1n) is 8.45. The van der Waals surface area contributed by atoms with Crippen molar-refractivity contribution in [3.05, 3.63) is 51.3 Å². The van der Waals surface area contributed by atoms with Gasteiger partial charge < -0.3 is 5.32 Å². The summed E-state index contributed by atoms with van der Waals surface area (Å²) in [6.07, 6.45) is 1.40. The van der Waals surface area contributed by atoms with E-state index in [0.29, 0.717) is 30.1 Å². The van der Waals surface area contributed by atoms with Crippen LogP contribution in [0.2, 0.25) is 0 Å². The van der Waals surface area contributed by atoms with Gasteiger partial charge in [-0.3, -0.25) is 4.79 Å². The summed E-state index contributed by atoms with van der Waals surface area (Å²) >= 11 is 4.50. The van der Waals surface area contributed by atoms with Crippen LogP contribution in [0.4, 0.5) is 0 Å². The van der Waals surface area contributed by atoms with Crippen LogP contribution in [0.5, 0.6) is 0 Å².